The highest BCUT2D eigenvalue weighted by Gasteiger charge is 2.20. The number of anilines is 1. The summed E-state index contributed by atoms with van der Waals surface area (Å²) in [5.41, 5.74) is 1.96. The van der Waals surface area contributed by atoms with Crippen molar-refractivity contribution in [1.29, 1.82) is 0 Å². The lowest BCUT2D eigenvalue weighted by Crippen LogP contribution is -2.43. The zero-order valence-corrected chi connectivity index (χ0v) is 14.2. The minimum absolute atomic E-state index is 0.0478. The first-order chi connectivity index (χ1) is 11.7. The van der Waals surface area contributed by atoms with Crippen molar-refractivity contribution < 1.29 is 9.59 Å². The molecular weight excluding hydrogens is 302 g/mol. The molecule has 2 amide bonds. The predicted molar refractivity (Wildman–Crippen MR) is 94.8 cm³/mol. The molecule has 1 aromatic rings. The maximum absolute atomic E-state index is 12.2. The minimum atomic E-state index is -0.0727. The Labute approximate surface area is 143 Å². The number of carbonyl (C=O) groups excluding carboxylic acids is 2. The molecule has 24 heavy (non-hydrogen) atoms. The molecule has 1 unspecified atom stereocenters. The third kappa shape index (κ3) is 4.57. The van der Waals surface area contributed by atoms with Gasteiger partial charge in [-0.3, -0.25) is 9.59 Å². The normalized spacial score (nSPS) is 20.8. The van der Waals surface area contributed by atoms with Gasteiger partial charge in [-0.05, 0) is 56.3 Å². The summed E-state index contributed by atoms with van der Waals surface area (Å²) in [5.74, 6) is 0.305. The lowest BCUT2D eigenvalue weighted by atomic mass is 10.0. The van der Waals surface area contributed by atoms with Gasteiger partial charge in [0.05, 0.1) is 6.04 Å². The average molecular weight is 329 g/mol. The van der Waals surface area contributed by atoms with Crippen molar-refractivity contribution >= 4 is 17.5 Å². The lowest BCUT2D eigenvalue weighted by molar-refractivity contribution is -0.130. The van der Waals surface area contributed by atoms with Crippen LogP contribution in [-0.2, 0) is 16.0 Å². The molecule has 2 aliphatic rings. The molecule has 0 aliphatic carbocycles. The number of aryl methyl sites for hydroxylation is 1. The van der Waals surface area contributed by atoms with Crippen LogP contribution in [0.3, 0.4) is 0 Å². The number of likely N-dealkylation sites (tertiary alicyclic amines) is 1. The number of nitrogens with zero attached hydrogens (tertiary/aromatic N) is 1. The van der Waals surface area contributed by atoms with Gasteiger partial charge in [0.2, 0.25) is 11.8 Å². The summed E-state index contributed by atoms with van der Waals surface area (Å²) in [7, 11) is 0. The van der Waals surface area contributed by atoms with Gasteiger partial charge in [-0.25, -0.2) is 0 Å². The number of amides is 2. The van der Waals surface area contributed by atoms with E-state index < -0.39 is 0 Å². The molecule has 0 radical (unpaired) electrons. The molecule has 2 fully saturated rings. The third-order valence-electron chi connectivity index (χ3n) is 4.93. The van der Waals surface area contributed by atoms with E-state index in [2.05, 4.69) is 10.6 Å². The molecule has 5 nitrogen and oxygen atoms in total. The number of hydrogen-bond donors (Lipinski definition) is 2. The quantitative estimate of drug-likeness (QED) is 0.871. The molecule has 5 heteroatoms. The summed E-state index contributed by atoms with van der Waals surface area (Å²) >= 11 is 0. The summed E-state index contributed by atoms with van der Waals surface area (Å²) in [6, 6.07) is 7.78. The Kier molecular flexibility index (Phi) is 5.86. The van der Waals surface area contributed by atoms with Crippen LogP contribution >= 0.6 is 0 Å². The summed E-state index contributed by atoms with van der Waals surface area (Å²) in [6.07, 6.45) is 6.75. The number of rotatable bonds is 5. The molecular formula is C19H27N3O2. The maximum atomic E-state index is 12.2. The highest BCUT2D eigenvalue weighted by molar-refractivity contribution is 5.94. The highest BCUT2D eigenvalue weighted by Crippen LogP contribution is 2.15. The van der Waals surface area contributed by atoms with Crippen LogP contribution in [0.2, 0.25) is 0 Å². The Morgan fingerprint density at radius 1 is 1.08 bits per heavy atom. The minimum Gasteiger partial charge on any atom is -0.343 e. The number of piperidine rings is 1. The van der Waals surface area contributed by atoms with Crippen molar-refractivity contribution in [2.75, 3.05) is 25.0 Å². The lowest BCUT2D eigenvalue weighted by Gasteiger charge is -2.22. The van der Waals surface area contributed by atoms with Crippen LogP contribution in [-0.4, -0.2) is 42.4 Å². The van der Waals surface area contributed by atoms with Gasteiger partial charge >= 0.3 is 0 Å². The number of hydrogen-bond acceptors (Lipinski definition) is 3. The largest absolute Gasteiger partial charge is 0.343 e. The van der Waals surface area contributed by atoms with Crippen molar-refractivity contribution in [2.45, 2.75) is 51.0 Å². The fourth-order valence-corrected chi connectivity index (χ4v) is 3.44. The number of carbonyl (C=O) groups is 2. The monoisotopic (exact) mass is 329 g/mol. The van der Waals surface area contributed by atoms with E-state index in [1.807, 2.05) is 29.2 Å². The van der Waals surface area contributed by atoms with Gasteiger partial charge in [-0.2, -0.15) is 0 Å². The van der Waals surface area contributed by atoms with Crippen molar-refractivity contribution in [3.63, 3.8) is 0 Å². The summed E-state index contributed by atoms with van der Waals surface area (Å²) in [4.78, 5) is 26.2. The first-order valence-corrected chi connectivity index (χ1v) is 9.13. The van der Waals surface area contributed by atoms with Crippen molar-refractivity contribution in [1.82, 2.24) is 10.2 Å². The maximum Gasteiger partial charge on any atom is 0.241 e. The molecule has 2 aliphatic heterocycles. The SMILES string of the molecule is O=C(Nc1ccc(CCC(=O)N2CCCC2)cc1)C1CCCCN1. The van der Waals surface area contributed by atoms with E-state index in [0.29, 0.717) is 6.42 Å². The van der Waals surface area contributed by atoms with E-state index in [1.54, 1.807) is 0 Å². The Morgan fingerprint density at radius 3 is 2.50 bits per heavy atom. The molecule has 1 aromatic carbocycles. The van der Waals surface area contributed by atoms with Crippen LogP contribution in [0, 0.1) is 0 Å². The number of nitrogens with one attached hydrogen (secondary N) is 2. The zero-order valence-electron chi connectivity index (χ0n) is 14.2. The first-order valence-electron chi connectivity index (χ1n) is 9.13. The summed E-state index contributed by atoms with van der Waals surface area (Å²) in [6.45, 7) is 2.75. The highest BCUT2D eigenvalue weighted by atomic mass is 16.2. The van der Waals surface area contributed by atoms with Crippen LogP contribution in [0.5, 0.6) is 0 Å². The van der Waals surface area contributed by atoms with Gasteiger partial charge in [0.15, 0.2) is 0 Å². The van der Waals surface area contributed by atoms with Crippen molar-refractivity contribution in [2.24, 2.45) is 0 Å². The van der Waals surface area contributed by atoms with Gasteiger partial charge in [0.1, 0.15) is 0 Å². The predicted octanol–water partition coefficient (Wildman–Crippen LogP) is 2.32. The Balaban J connectivity index is 1.46. The fourth-order valence-electron chi connectivity index (χ4n) is 3.44. The third-order valence-corrected chi connectivity index (χ3v) is 4.93. The van der Waals surface area contributed by atoms with E-state index in [0.717, 1.165) is 69.4 Å². The number of benzene rings is 1. The first kappa shape index (κ1) is 17.0. The summed E-state index contributed by atoms with van der Waals surface area (Å²) < 4.78 is 0. The van der Waals surface area contributed by atoms with E-state index in [1.165, 1.54) is 0 Å². The van der Waals surface area contributed by atoms with Crippen LogP contribution in [0.4, 0.5) is 5.69 Å². The molecule has 2 heterocycles. The summed E-state index contributed by atoms with van der Waals surface area (Å²) in [5, 5.41) is 6.23. The van der Waals surface area contributed by atoms with Crippen molar-refractivity contribution in [3.8, 4) is 0 Å². The van der Waals surface area contributed by atoms with E-state index in [4.69, 9.17) is 0 Å². The van der Waals surface area contributed by atoms with E-state index in [-0.39, 0.29) is 17.9 Å². The smallest absolute Gasteiger partial charge is 0.241 e. The topological polar surface area (TPSA) is 61.4 Å². The molecule has 1 atom stereocenters. The van der Waals surface area contributed by atoms with E-state index in [9.17, 15) is 9.59 Å². The molecule has 3 rings (SSSR count). The second-order valence-corrected chi connectivity index (χ2v) is 6.78. The molecule has 2 N–H and O–H groups in total. The van der Waals surface area contributed by atoms with Crippen LogP contribution in [0.15, 0.2) is 24.3 Å². The van der Waals surface area contributed by atoms with Crippen LogP contribution < -0.4 is 10.6 Å². The Morgan fingerprint density at radius 2 is 1.83 bits per heavy atom. The van der Waals surface area contributed by atoms with E-state index >= 15 is 0 Å². The van der Waals surface area contributed by atoms with Gasteiger partial charge in [-0.15, -0.1) is 0 Å². The fraction of sp³-hybridized carbons (Fsp3) is 0.579. The van der Waals surface area contributed by atoms with Gasteiger partial charge in [0.25, 0.3) is 0 Å². The standard InChI is InChI=1S/C19H27N3O2/c23-18(22-13-3-4-14-22)11-8-15-6-9-16(10-7-15)21-19(24)17-5-1-2-12-20-17/h6-7,9-10,17,20H,1-5,8,11-14H2,(H,21,24). The average Bonchev–Trinajstić information content (AvgIpc) is 3.16. The van der Waals surface area contributed by atoms with Crippen LogP contribution in [0.1, 0.15) is 44.1 Å². The molecule has 2 saturated heterocycles. The van der Waals surface area contributed by atoms with Gasteiger partial charge in [0, 0.05) is 25.2 Å². The van der Waals surface area contributed by atoms with Crippen LogP contribution in [0.25, 0.3) is 0 Å². The second kappa shape index (κ2) is 8.29. The zero-order chi connectivity index (χ0) is 16.8. The molecule has 0 aromatic heterocycles. The molecule has 0 bridgehead atoms. The molecule has 130 valence electrons. The Hall–Kier alpha value is -1.88. The Bertz CT molecular complexity index is 558. The van der Waals surface area contributed by atoms with Crippen molar-refractivity contribution in [3.05, 3.63) is 29.8 Å². The molecule has 0 saturated carbocycles. The second-order valence-electron chi connectivity index (χ2n) is 6.78. The van der Waals surface area contributed by atoms with Gasteiger partial charge < -0.3 is 15.5 Å². The molecule has 0 spiro atoms. The van der Waals surface area contributed by atoms with Gasteiger partial charge in [-0.1, -0.05) is 18.6 Å².